The van der Waals surface area contributed by atoms with Crippen LogP contribution in [0.25, 0.3) is 0 Å². The summed E-state index contributed by atoms with van der Waals surface area (Å²) in [4.78, 5) is 0. The Labute approximate surface area is 46.0 Å². The highest BCUT2D eigenvalue weighted by atomic mass is 127. The molecule has 0 aromatic carbocycles. The van der Waals surface area contributed by atoms with E-state index in [0.717, 1.165) is 0 Å². The highest BCUT2D eigenvalue weighted by Crippen LogP contribution is 1.79. The molecule has 0 heterocycles. The van der Waals surface area contributed by atoms with Crippen LogP contribution in [0.5, 0.6) is 0 Å². The normalized spacial score (nSPS) is 9.60. The van der Waals surface area contributed by atoms with Crippen molar-refractivity contribution in [3.8, 4) is 0 Å². The van der Waals surface area contributed by atoms with Gasteiger partial charge in [-0.2, -0.15) is 3.22 Å². The van der Waals surface area contributed by atoms with E-state index < -0.39 is 0 Å². The molecule has 0 amide bonds. The lowest BCUT2D eigenvalue weighted by molar-refractivity contribution is 0.504. The molecule has 0 unspecified atom stereocenters. The Morgan fingerprint density at radius 1 is 1.80 bits per heavy atom. The van der Waals surface area contributed by atoms with Crippen LogP contribution in [0.2, 0.25) is 0 Å². The van der Waals surface area contributed by atoms with Gasteiger partial charge in [-0.25, -0.2) is 5.43 Å². The minimum absolute atomic E-state index is 1.84. The molecule has 0 radical (unpaired) electrons. The fourth-order valence-corrected chi connectivity index (χ4v) is 0. The van der Waals surface area contributed by atoms with Gasteiger partial charge in [0.25, 0.3) is 0 Å². The van der Waals surface area contributed by atoms with Gasteiger partial charge in [-0.15, -0.1) is 0 Å². The van der Waals surface area contributed by atoms with E-state index in [9.17, 15) is 0 Å². The summed E-state index contributed by atoms with van der Waals surface area (Å²) in [6, 6.07) is 0. The van der Waals surface area contributed by atoms with Crippen LogP contribution in [0.15, 0.2) is 0 Å². The lowest BCUT2D eigenvalue weighted by Crippen LogP contribution is -2.18. The van der Waals surface area contributed by atoms with E-state index in [4.69, 9.17) is 0 Å². The van der Waals surface area contributed by atoms with E-state index in [1.54, 1.807) is 0 Å². The molecule has 0 rings (SSSR count). The zero-order chi connectivity index (χ0) is 4.28. The van der Waals surface area contributed by atoms with Crippen LogP contribution >= 0.6 is 22.9 Å². The Morgan fingerprint density at radius 3 is 2.00 bits per heavy atom. The molecule has 3 heteroatoms. The number of rotatable bonds is 1. The Balaban J connectivity index is 2.54. The van der Waals surface area contributed by atoms with Gasteiger partial charge in [-0.3, -0.25) is 0 Å². The number of nitrogens with one attached hydrogen (secondary N) is 1. The van der Waals surface area contributed by atoms with Crippen molar-refractivity contribution in [1.82, 2.24) is 8.65 Å². The van der Waals surface area contributed by atoms with Crippen LogP contribution in [0, 0.1) is 0 Å². The van der Waals surface area contributed by atoms with Gasteiger partial charge < -0.3 is 0 Å². The Kier molecular flexibility index (Phi) is 3.24. The first kappa shape index (κ1) is 5.65. The van der Waals surface area contributed by atoms with E-state index in [2.05, 4.69) is 28.3 Å². The second-order valence-electron chi connectivity index (χ2n) is 0.701. The lowest BCUT2D eigenvalue weighted by Gasteiger charge is -1.99. The van der Waals surface area contributed by atoms with Crippen molar-refractivity contribution in [2.45, 2.75) is 0 Å². The third-order valence-corrected chi connectivity index (χ3v) is 0.791. The largest absolute Gasteiger partial charge is 0.249 e. The maximum atomic E-state index is 2.85. The summed E-state index contributed by atoms with van der Waals surface area (Å²) in [5, 5.41) is 0. The first-order chi connectivity index (χ1) is 2.27. The van der Waals surface area contributed by atoms with E-state index >= 15 is 0 Å². The van der Waals surface area contributed by atoms with Gasteiger partial charge in [0, 0.05) is 29.9 Å². The predicted molar refractivity (Wildman–Crippen MR) is 30.8 cm³/mol. The number of hydrazine groups is 1. The molecular formula is C2H7IN2. The first-order valence-electron chi connectivity index (χ1n) is 1.34. The minimum atomic E-state index is 1.84. The van der Waals surface area contributed by atoms with Crippen molar-refractivity contribution in [3.05, 3.63) is 0 Å². The van der Waals surface area contributed by atoms with Gasteiger partial charge in [-0.1, -0.05) is 0 Å². The fraction of sp³-hybridized carbons (Fsp3) is 1.00. The number of hydrogen-bond donors (Lipinski definition) is 1. The van der Waals surface area contributed by atoms with Gasteiger partial charge in [0.1, 0.15) is 0 Å². The second kappa shape index (κ2) is 2.87. The summed E-state index contributed by atoms with van der Waals surface area (Å²) in [7, 11) is 3.80. The molecule has 1 N–H and O–H groups in total. The van der Waals surface area contributed by atoms with E-state index in [0.29, 0.717) is 0 Å². The van der Waals surface area contributed by atoms with Crippen LogP contribution in [0.4, 0.5) is 0 Å². The fourth-order valence-electron chi connectivity index (χ4n) is 0. The molecular weight excluding hydrogens is 179 g/mol. The third-order valence-electron chi connectivity index (χ3n) is 0.308. The number of nitrogens with zero attached hydrogens (tertiary/aromatic N) is 1. The lowest BCUT2D eigenvalue weighted by atomic mass is 11.4. The molecule has 32 valence electrons. The molecule has 5 heavy (non-hydrogen) atoms. The van der Waals surface area contributed by atoms with E-state index in [-0.39, 0.29) is 0 Å². The number of halogens is 1. The maximum Gasteiger partial charge on any atom is 0.0364 e. The molecule has 0 aliphatic carbocycles. The summed E-state index contributed by atoms with van der Waals surface area (Å²) in [6.45, 7) is 0. The molecule has 0 aliphatic heterocycles. The van der Waals surface area contributed by atoms with Crippen LogP contribution in [-0.2, 0) is 0 Å². The van der Waals surface area contributed by atoms with Gasteiger partial charge >= 0.3 is 0 Å². The first-order valence-corrected chi connectivity index (χ1v) is 2.30. The molecule has 0 saturated heterocycles. The van der Waals surface area contributed by atoms with Gasteiger partial charge in [0.2, 0.25) is 0 Å². The third kappa shape index (κ3) is 4.65. The smallest absolute Gasteiger partial charge is 0.0364 e. The molecule has 0 aliphatic rings. The molecule has 0 atom stereocenters. The summed E-state index contributed by atoms with van der Waals surface area (Å²) in [5.41, 5.74) is 2.85. The molecule has 0 spiro atoms. The van der Waals surface area contributed by atoms with Crippen LogP contribution in [0.1, 0.15) is 0 Å². The SMILES string of the molecule is CNN(C)I. The number of hydrogen-bond acceptors (Lipinski definition) is 2. The van der Waals surface area contributed by atoms with Crippen LogP contribution < -0.4 is 5.43 Å². The highest BCUT2D eigenvalue weighted by Gasteiger charge is 1.72. The molecule has 0 aromatic heterocycles. The zero-order valence-corrected chi connectivity index (χ0v) is 5.48. The van der Waals surface area contributed by atoms with E-state index in [1.807, 2.05) is 17.3 Å². The van der Waals surface area contributed by atoms with Gasteiger partial charge in [0.05, 0.1) is 0 Å². The standard InChI is InChI=1S/C2H7IN2/c1-4-5(2)3/h4H,1-2H3. The summed E-state index contributed by atoms with van der Waals surface area (Å²) in [5.74, 6) is 0. The van der Waals surface area contributed by atoms with Crippen molar-refractivity contribution >= 4 is 22.9 Å². The summed E-state index contributed by atoms with van der Waals surface area (Å²) >= 11 is 2.13. The second-order valence-corrected chi connectivity index (χ2v) is 2.15. The van der Waals surface area contributed by atoms with Crippen LogP contribution in [-0.4, -0.2) is 17.3 Å². The summed E-state index contributed by atoms with van der Waals surface area (Å²) < 4.78 is 1.84. The van der Waals surface area contributed by atoms with Crippen molar-refractivity contribution in [2.24, 2.45) is 0 Å². The van der Waals surface area contributed by atoms with Crippen LogP contribution in [0.3, 0.4) is 0 Å². The maximum absolute atomic E-state index is 2.85. The molecule has 0 fully saturated rings. The average molecular weight is 186 g/mol. The molecule has 0 bridgehead atoms. The predicted octanol–water partition coefficient (Wildman–Crippen LogP) is 0.403. The molecule has 0 aromatic rings. The summed E-state index contributed by atoms with van der Waals surface area (Å²) in [6.07, 6.45) is 0. The van der Waals surface area contributed by atoms with Crippen molar-refractivity contribution in [3.63, 3.8) is 0 Å². The Bertz CT molecular complexity index is 21.6. The van der Waals surface area contributed by atoms with Crippen molar-refractivity contribution in [1.29, 1.82) is 0 Å². The zero-order valence-electron chi connectivity index (χ0n) is 3.33. The topological polar surface area (TPSA) is 15.3 Å². The Hall–Kier alpha value is 0.650. The van der Waals surface area contributed by atoms with Crippen molar-refractivity contribution < 1.29 is 0 Å². The van der Waals surface area contributed by atoms with E-state index in [1.165, 1.54) is 0 Å². The monoisotopic (exact) mass is 186 g/mol. The minimum Gasteiger partial charge on any atom is -0.249 e. The Morgan fingerprint density at radius 2 is 2.00 bits per heavy atom. The molecule has 2 nitrogen and oxygen atoms in total. The van der Waals surface area contributed by atoms with Crippen molar-refractivity contribution in [2.75, 3.05) is 14.1 Å². The average Bonchev–Trinajstić information content (AvgIpc) is 1.38. The van der Waals surface area contributed by atoms with Gasteiger partial charge in [-0.05, 0) is 7.05 Å². The quantitative estimate of drug-likeness (QED) is 0.362. The van der Waals surface area contributed by atoms with Gasteiger partial charge in [0.15, 0.2) is 0 Å². The highest BCUT2D eigenvalue weighted by molar-refractivity contribution is 14.1. The molecule has 0 saturated carbocycles.